The first-order chi connectivity index (χ1) is 9.15. The second-order valence-electron chi connectivity index (χ2n) is 4.79. The highest BCUT2D eigenvalue weighted by Crippen LogP contribution is 2.12. The Labute approximate surface area is 119 Å². The van der Waals surface area contributed by atoms with Gasteiger partial charge >= 0.3 is 0 Å². The largest absolute Gasteiger partial charge is 0.351 e. The molecule has 1 heterocycles. The minimum Gasteiger partial charge on any atom is -0.351 e. The van der Waals surface area contributed by atoms with Crippen LogP contribution in [0.2, 0.25) is 0 Å². The summed E-state index contributed by atoms with van der Waals surface area (Å²) in [6.07, 6.45) is 1.02. The Morgan fingerprint density at radius 1 is 1.40 bits per heavy atom. The predicted molar refractivity (Wildman–Crippen MR) is 76.7 cm³/mol. The Kier molecular flexibility index (Phi) is 5.29. The van der Waals surface area contributed by atoms with Gasteiger partial charge in [-0.3, -0.25) is 9.48 Å². The third kappa shape index (κ3) is 4.31. The van der Waals surface area contributed by atoms with Crippen LogP contribution in [0.4, 0.5) is 0 Å². The lowest BCUT2D eigenvalue weighted by atomic mass is 10.2. The van der Waals surface area contributed by atoms with Crippen LogP contribution in [0.5, 0.6) is 0 Å². The molecule has 1 rings (SSSR count). The van der Waals surface area contributed by atoms with Crippen LogP contribution in [-0.2, 0) is 27.9 Å². The van der Waals surface area contributed by atoms with Crippen molar-refractivity contribution >= 4 is 15.9 Å². The zero-order valence-corrected chi connectivity index (χ0v) is 13.3. The van der Waals surface area contributed by atoms with Crippen molar-refractivity contribution in [3.8, 4) is 0 Å². The molecule has 0 aliphatic rings. The Morgan fingerprint density at radius 3 is 2.45 bits per heavy atom. The van der Waals surface area contributed by atoms with Crippen LogP contribution in [0, 0.1) is 13.8 Å². The fraction of sp³-hybridized carbons (Fsp3) is 0.667. The maximum Gasteiger partial charge on any atom is 0.238 e. The van der Waals surface area contributed by atoms with Gasteiger partial charge in [-0.15, -0.1) is 0 Å². The summed E-state index contributed by atoms with van der Waals surface area (Å²) in [5.41, 5.74) is 2.84. The van der Waals surface area contributed by atoms with Gasteiger partial charge in [0, 0.05) is 24.3 Å². The number of rotatable bonds is 6. The van der Waals surface area contributed by atoms with E-state index in [1.165, 1.54) is 6.92 Å². The number of nitrogens with zero attached hydrogens (tertiary/aromatic N) is 2. The van der Waals surface area contributed by atoms with Crippen molar-refractivity contribution in [3.63, 3.8) is 0 Å². The van der Waals surface area contributed by atoms with Crippen molar-refractivity contribution in [3.05, 3.63) is 17.0 Å². The molecule has 0 aliphatic carbocycles. The molecule has 2 N–H and O–H groups in total. The van der Waals surface area contributed by atoms with E-state index in [2.05, 4.69) is 15.1 Å². The maximum atomic E-state index is 11.8. The van der Waals surface area contributed by atoms with Crippen LogP contribution in [-0.4, -0.2) is 36.4 Å². The van der Waals surface area contributed by atoms with Gasteiger partial charge in [0.25, 0.3) is 0 Å². The highest BCUT2D eigenvalue weighted by molar-refractivity contribution is 7.88. The van der Waals surface area contributed by atoms with E-state index in [1.807, 2.05) is 25.5 Å². The number of carbonyl (C=O) groups is 1. The number of aromatic nitrogens is 2. The van der Waals surface area contributed by atoms with Crippen molar-refractivity contribution in [2.75, 3.05) is 6.26 Å². The first kappa shape index (κ1) is 16.6. The topological polar surface area (TPSA) is 93.1 Å². The summed E-state index contributed by atoms with van der Waals surface area (Å²) in [4.78, 5) is 11.8. The normalized spacial score (nSPS) is 13.2. The summed E-state index contributed by atoms with van der Waals surface area (Å²) >= 11 is 0. The summed E-state index contributed by atoms with van der Waals surface area (Å²) in [7, 11) is -3.39. The highest BCUT2D eigenvalue weighted by Gasteiger charge is 2.18. The molecule has 0 aliphatic heterocycles. The van der Waals surface area contributed by atoms with Gasteiger partial charge in [0.15, 0.2) is 0 Å². The minimum atomic E-state index is -3.39. The molecule has 0 aromatic carbocycles. The van der Waals surface area contributed by atoms with E-state index >= 15 is 0 Å². The molecular weight excluding hydrogens is 280 g/mol. The first-order valence-electron chi connectivity index (χ1n) is 6.43. The molecule has 1 aromatic heterocycles. The molecule has 114 valence electrons. The average Bonchev–Trinajstić information content (AvgIpc) is 2.59. The second kappa shape index (κ2) is 6.36. The van der Waals surface area contributed by atoms with Gasteiger partial charge in [-0.1, -0.05) is 0 Å². The molecule has 1 amide bonds. The van der Waals surface area contributed by atoms with Gasteiger partial charge < -0.3 is 5.32 Å². The van der Waals surface area contributed by atoms with Crippen molar-refractivity contribution in [1.82, 2.24) is 19.8 Å². The maximum absolute atomic E-state index is 11.8. The Bertz CT molecular complexity index is 592. The van der Waals surface area contributed by atoms with Gasteiger partial charge in [-0.05, 0) is 27.7 Å². The molecule has 0 saturated heterocycles. The van der Waals surface area contributed by atoms with Crippen LogP contribution in [0.25, 0.3) is 0 Å². The lowest BCUT2D eigenvalue weighted by molar-refractivity contribution is -0.122. The van der Waals surface area contributed by atoms with E-state index in [-0.39, 0.29) is 5.91 Å². The summed E-state index contributed by atoms with van der Waals surface area (Å²) in [6, 6.07) is -0.799. The van der Waals surface area contributed by atoms with Crippen molar-refractivity contribution < 1.29 is 13.2 Å². The molecular formula is C12H22N4O3S. The molecule has 20 heavy (non-hydrogen) atoms. The van der Waals surface area contributed by atoms with E-state index in [4.69, 9.17) is 0 Å². The summed E-state index contributed by atoms with van der Waals surface area (Å²) in [5, 5.41) is 7.09. The van der Waals surface area contributed by atoms with Crippen molar-refractivity contribution in [2.24, 2.45) is 0 Å². The fourth-order valence-electron chi connectivity index (χ4n) is 2.00. The quantitative estimate of drug-likeness (QED) is 0.778. The number of nitrogens with one attached hydrogen (secondary N) is 2. The molecule has 7 nitrogen and oxygen atoms in total. The minimum absolute atomic E-state index is 0.340. The van der Waals surface area contributed by atoms with Crippen LogP contribution < -0.4 is 10.0 Å². The van der Waals surface area contributed by atoms with Crippen LogP contribution in [0.1, 0.15) is 30.8 Å². The number of amides is 1. The summed E-state index contributed by atoms with van der Waals surface area (Å²) in [5.74, 6) is -0.363. The average molecular weight is 302 g/mol. The first-order valence-corrected chi connectivity index (χ1v) is 8.32. The molecule has 0 saturated carbocycles. The van der Waals surface area contributed by atoms with Crippen LogP contribution >= 0.6 is 0 Å². The van der Waals surface area contributed by atoms with Gasteiger partial charge in [-0.25, -0.2) is 13.1 Å². The fourth-order valence-corrected chi connectivity index (χ4v) is 2.75. The molecule has 1 aromatic rings. The Balaban J connectivity index is 2.68. The van der Waals surface area contributed by atoms with Crippen LogP contribution in [0.15, 0.2) is 0 Å². The van der Waals surface area contributed by atoms with Crippen LogP contribution in [0.3, 0.4) is 0 Å². The molecule has 0 bridgehead atoms. The molecule has 8 heteroatoms. The van der Waals surface area contributed by atoms with E-state index < -0.39 is 16.1 Å². The van der Waals surface area contributed by atoms with Gasteiger partial charge in [0.05, 0.1) is 18.0 Å². The van der Waals surface area contributed by atoms with Gasteiger partial charge in [-0.2, -0.15) is 5.10 Å². The summed E-state index contributed by atoms with van der Waals surface area (Å²) in [6.45, 7) is 8.45. The molecule has 1 atom stereocenters. The number of hydrogen-bond donors (Lipinski definition) is 2. The lowest BCUT2D eigenvalue weighted by Gasteiger charge is -2.12. The number of carbonyl (C=O) groups excluding carboxylic acids is 1. The third-order valence-electron chi connectivity index (χ3n) is 3.05. The molecule has 0 unspecified atom stereocenters. The van der Waals surface area contributed by atoms with E-state index in [0.717, 1.165) is 29.8 Å². The van der Waals surface area contributed by atoms with Gasteiger partial charge in [0.2, 0.25) is 15.9 Å². The molecule has 0 spiro atoms. The van der Waals surface area contributed by atoms with E-state index in [0.29, 0.717) is 6.54 Å². The molecule has 0 fully saturated rings. The lowest BCUT2D eigenvalue weighted by Crippen LogP contribution is -2.44. The summed E-state index contributed by atoms with van der Waals surface area (Å²) < 4.78 is 26.2. The predicted octanol–water partition coefficient (Wildman–Crippen LogP) is 0.0737. The number of aryl methyl sites for hydroxylation is 2. The Morgan fingerprint density at radius 2 is 2.00 bits per heavy atom. The van der Waals surface area contributed by atoms with Crippen molar-refractivity contribution in [1.29, 1.82) is 0 Å². The van der Waals surface area contributed by atoms with Crippen molar-refractivity contribution in [2.45, 2.75) is 46.8 Å². The number of hydrogen-bond acceptors (Lipinski definition) is 4. The third-order valence-corrected chi connectivity index (χ3v) is 3.84. The number of sulfonamides is 1. The monoisotopic (exact) mass is 302 g/mol. The standard InChI is InChI=1S/C12H22N4O3S/c1-6-16-10(4)11(8(2)14-16)7-13-12(17)9(3)15-20(5,18)19/h9,15H,6-7H2,1-5H3,(H,13,17)/t9-/m1/s1. The second-order valence-corrected chi connectivity index (χ2v) is 6.57. The highest BCUT2D eigenvalue weighted by atomic mass is 32.2. The van der Waals surface area contributed by atoms with Gasteiger partial charge in [0.1, 0.15) is 0 Å². The zero-order valence-electron chi connectivity index (χ0n) is 12.5. The Hall–Kier alpha value is -1.41. The molecule has 0 radical (unpaired) electrons. The smallest absolute Gasteiger partial charge is 0.238 e. The SMILES string of the molecule is CCn1nc(C)c(CNC(=O)[C@@H](C)NS(C)(=O)=O)c1C. The zero-order chi connectivity index (χ0) is 15.5. The van der Waals surface area contributed by atoms with E-state index in [9.17, 15) is 13.2 Å². The van der Waals surface area contributed by atoms with E-state index in [1.54, 1.807) is 0 Å².